The Labute approximate surface area is 76.2 Å². The van der Waals surface area contributed by atoms with Crippen molar-refractivity contribution >= 4 is 17.3 Å². The van der Waals surface area contributed by atoms with E-state index in [-0.39, 0.29) is 12.1 Å². The summed E-state index contributed by atoms with van der Waals surface area (Å²) in [5.74, 6) is -0.227. The fourth-order valence-electron chi connectivity index (χ4n) is 1.10. The molecule has 1 heterocycles. The Morgan fingerprint density at radius 3 is 2.75 bits per heavy atom. The molecule has 1 atom stereocenters. The van der Waals surface area contributed by atoms with Crippen LogP contribution in [-0.4, -0.2) is 5.97 Å². The molecule has 1 aromatic heterocycles. The molecule has 0 spiro atoms. The Balaban J connectivity index is 2.71. The molecule has 0 amide bonds. The van der Waals surface area contributed by atoms with Gasteiger partial charge in [0.25, 0.3) is 0 Å². The molecule has 0 N–H and O–H groups in total. The summed E-state index contributed by atoms with van der Waals surface area (Å²) in [5.41, 5.74) is 1.19. The van der Waals surface area contributed by atoms with E-state index in [0.717, 1.165) is 4.88 Å². The highest BCUT2D eigenvalue weighted by molar-refractivity contribution is 7.10. The van der Waals surface area contributed by atoms with Crippen molar-refractivity contribution in [2.75, 3.05) is 0 Å². The molecule has 0 fully saturated rings. The monoisotopic (exact) mass is 184 g/mol. The molecule has 0 saturated carbocycles. The number of thiophene rings is 1. The van der Waals surface area contributed by atoms with Crippen molar-refractivity contribution in [1.82, 2.24) is 0 Å². The minimum Gasteiger partial charge on any atom is -0.457 e. The molecule has 0 bridgehead atoms. The van der Waals surface area contributed by atoms with Crippen LogP contribution in [0.1, 0.15) is 30.4 Å². The van der Waals surface area contributed by atoms with Gasteiger partial charge in [-0.2, -0.15) is 0 Å². The minimum atomic E-state index is -0.227. The molecule has 0 aliphatic carbocycles. The SMILES string of the molecule is CC(=O)OC(C)c1sccc1C. The average Bonchev–Trinajstić information content (AvgIpc) is 2.33. The van der Waals surface area contributed by atoms with Crippen molar-refractivity contribution in [3.05, 3.63) is 21.9 Å². The lowest BCUT2D eigenvalue weighted by molar-refractivity contribution is -0.145. The summed E-state index contributed by atoms with van der Waals surface area (Å²) < 4.78 is 5.05. The number of hydrogen-bond acceptors (Lipinski definition) is 3. The lowest BCUT2D eigenvalue weighted by atomic mass is 10.2. The summed E-state index contributed by atoms with van der Waals surface area (Å²) in [6, 6.07) is 2.03. The van der Waals surface area contributed by atoms with Gasteiger partial charge in [-0.1, -0.05) is 0 Å². The smallest absolute Gasteiger partial charge is 0.303 e. The minimum absolute atomic E-state index is 0.109. The Morgan fingerprint density at radius 2 is 2.33 bits per heavy atom. The molecule has 0 aromatic carbocycles. The normalized spacial score (nSPS) is 12.6. The van der Waals surface area contributed by atoms with Gasteiger partial charge in [-0.25, -0.2) is 0 Å². The number of esters is 1. The van der Waals surface area contributed by atoms with Crippen LogP contribution in [0.4, 0.5) is 0 Å². The maximum atomic E-state index is 10.6. The predicted molar refractivity (Wildman–Crippen MR) is 49.2 cm³/mol. The summed E-state index contributed by atoms with van der Waals surface area (Å²) in [7, 11) is 0. The van der Waals surface area contributed by atoms with Gasteiger partial charge < -0.3 is 4.74 Å². The van der Waals surface area contributed by atoms with Gasteiger partial charge in [-0.05, 0) is 30.9 Å². The number of carbonyl (C=O) groups excluding carboxylic acids is 1. The molecule has 0 aliphatic heterocycles. The van der Waals surface area contributed by atoms with E-state index in [1.54, 1.807) is 11.3 Å². The molecule has 1 aromatic rings. The molecule has 3 heteroatoms. The van der Waals surface area contributed by atoms with E-state index in [1.807, 2.05) is 25.3 Å². The van der Waals surface area contributed by atoms with E-state index in [4.69, 9.17) is 4.74 Å². The van der Waals surface area contributed by atoms with Crippen LogP contribution >= 0.6 is 11.3 Å². The highest BCUT2D eigenvalue weighted by Gasteiger charge is 2.11. The number of hydrogen-bond donors (Lipinski definition) is 0. The third kappa shape index (κ3) is 2.08. The average molecular weight is 184 g/mol. The third-order valence-electron chi connectivity index (χ3n) is 1.61. The van der Waals surface area contributed by atoms with Crippen LogP contribution in [0.2, 0.25) is 0 Å². The van der Waals surface area contributed by atoms with Gasteiger partial charge in [-0.15, -0.1) is 11.3 Å². The molecular weight excluding hydrogens is 172 g/mol. The van der Waals surface area contributed by atoms with Crippen molar-refractivity contribution in [2.45, 2.75) is 26.9 Å². The maximum absolute atomic E-state index is 10.6. The Bertz CT molecular complexity index is 278. The molecule has 2 nitrogen and oxygen atoms in total. The summed E-state index contributed by atoms with van der Waals surface area (Å²) in [4.78, 5) is 11.8. The Kier molecular flexibility index (Phi) is 2.87. The van der Waals surface area contributed by atoms with Crippen molar-refractivity contribution < 1.29 is 9.53 Å². The van der Waals surface area contributed by atoms with E-state index in [1.165, 1.54) is 12.5 Å². The number of ether oxygens (including phenoxy) is 1. The third-order valence-corrected chi connectivity index (χ3v) is 2.79. The van der Waals surface area contributed by atoms with Gasteiger partial charge in [0.15, 0.2) is 0 Å². The van der Waals surface area contributed by atoms with E-state index in [0.29, 0.717) is 0 Å². The quantitative estimate of drug-likeness (QED) is 0.660. The van der Waals surface area contributed by atoms with Crippen LogP contribution in [0.25, 0.3) is 0 Å². The molecule has 12 heavy (non-hydrogen) atoms. The molecule has 0 saturated heterocycles. The summed E-state index contributed by atoms with van der Waals surface area (Å²) >= 11 is 1.62. The van der Waals surface area contributed by atoms with Crippen molar-refractivity contribution in [3.8, 4) is 0 Å². The van der Waals surface area contributed by atoms with Crippen LogP contribution in [0.5, 0.6) is 0 Å². The van der Waals surface area contributed by atoms with Gasteiger partial charge in [0, 0.05) is 11.8 Å². The fraction of sp³-hybridized carbons (Fsp3) is 0.444. The van der Waals surface area contributed by atoms with Crippen molar-refractivity contribution in [2.24, 2.45) is 0 Å². The standard InChI is InChI=1S/C9H12O2S/c1-6-4-5-12-9(6)7(2)11-8(3)10/h4-5,7H,1-3H3. The second kappa shape index (κ2) is 3.72. The number of carbonyl (C=O) groups is 1. The van der Waals surface area contributed by atoms with Crippen molar-refractivity contribution in [3.63, 3.8) is 0 Å². The number of rotatable bonds is 2. The van der Waals surface area contributed by atoms with E-state index < -0.39 is 0 Å². The topological polar surface area (TPSA) is 26.3 Å². The largest absolute Gasteiger partial charge is 0.457 e. The zero-order valence-electron chi connectivity index (χ0n) is 7.46. The first kappa shape index (κ1) is 9.26. The fourth-order valence-corrected chi connectivity index (χ4v) is 2.02. The summed E-state index contributed by atoms with van der Waals surface area (Å²) in [6.07, 6.45) is -0.109. The van der Waals surface area contributed by atoms with Gasteiger partial charge in [0.2, 0.25) is 0 Å². The van der Waals surface area contributed by atoms with E-state index >= 15 is 0 Å². The lowest BCUT2D eigenvalue weighted by Gasteiger charge is -2.10. The number of aryl methyl sites for hydroxylation is 1. The second-order valence-electron chi connectivity index (χ2n) is 2.72. The first-order chi connectivity index (χ1) is 5.61. The van der Waals surface area contributed by atoms with Crippen LogP contribution in [0, 0.1) is 6.92 Å². The first-order valence-electron chi connectivity index (χ1n) is 3.82. The maximum Gasteiger partial charge on any atom is 0.303 e. The van der Waals surface area contributed by atoms with E-state index in [2.05, 4.69) is 0 Å². The van der Waals surface area contributed by atoms with Crippen LogP contribution in [-0.2, 0) is 9.53 Å². The molecule has 66 valence electrons. The molecular formula is C9H12O2S. The molecule has 0 radical (unpaired) electrons. The summed E-state index contributed by atoms with van der Waals surface area (Å²) in [5, 5.41) is 2.00. The van der Waals surface area contributed by atoms with Gasteiger partial charge >= 0.3 is 5.97 Å². The van der Waals surface area contributed by atoms with Crippen LogP contribution in [0.3, 0.4) is 0 Å². The molecule has 1 unspecified atom stereocenters. The zero-order valence-corrected chi connectivity index (χ0v) is 8.27. The second-order valence-corrected chi connectivity index (χ2v) is 3.67. The van der Waals surface area contributed by atoms with E-state index in [9.17, 15) is 4.79 Å². The summed E-state index contributed by atoms with van der Waals surface area (Å²) in [6.45, 7) is 5.34. The first-order valence-corrected chi connectivity index (χ1v) is 4.70. The predicted octanol–water partition coefficient (Wildman–Crippen LogP) is 2.68. The highest BCUT2D eigenvalue weighted by Crippen LogP contribution is 2.25. The van der Waals surface area contributed by atoms with Gasteiger partial charge in [0.05, 0.1) is 0 Å². The van der Waals surface area contributed by atoms with Gasteiger partial charge in [0.1, 0.15) is 6.10 Å². The molecule has 1 rings (SSSR count). The van der Waals surface area contributed by atoms with Gasteiger partial charge in [-0.3, -0.25) is 4.79 Å². The van der Waals surface area contributed by atoms with Crippen LogP contribution in [0.15, 0.2) is 11.4 Å². The zero-order chi connectivity index (χ0) is 9.14. The van der Waals surface area contributed by atoms with Crippen molar-refractivity contribution in [1.29, 1.82) is 0 Å². The molecule has 0 aliphatic rings. The Morgan fingerprint density at radius 1 is 1.67 bits per heavy atom. The lowest BCUT2D eigenvalue weighted by Crippen LogP contribution is -2.03. The van der Waals surface area contributed by atoms with Crippen LogP contribution < -0.4 is 0 Å². The Hall–Kier alpha value is -0.830. The highest BCUT2D eigenvalue weighted by atomic mass is 32.1.